The van der Waals surface area contributed by atoms with Crippen molar-refractivity contribution in [1.29, 1.82) is 0 Å². The molecule has 0 spiro atoms. The van der Waals surface area contributed by atoms with Gasteiger partial charge >= 0.3 is 5.97 Å². The molecule has 0 saturated heterocycles. The fourth-order valence-corrected chi connectivity index (χ4v) is 3.37. The van der Waals surface area contributed by atoms with E-state index in [0.717, 1.165) is 25.7 Å². The maximum atomic E-state index is 11.5. The Morgan fingerprint density at radius 2 is 1.35 bits per heavy atom. The Kier molecular flexibility index (Phi) is 7.27. The maximum Gasteiger partial charge on any atom is 0.306 e. The van der Waals surface area contributed by atoms with Crippen LogP contribution in [0.5, 0.6) is 0 Å². The zero-order valence-corrected chi connectivity index (χ0v) is 14.9. The average molecular weight is 284 g/mol. The molecule has 0 aliphatic heterocycles. The van der Waals surface area contributed by atoms with Crippen LogP contribution in [-0.2, 0) is 4.79 Å². The molecule has 0 saturated carbocycles. The van der Waals surface area contributed by atoms with Gasteiger partial charge in [0.1, 0.15) is 0 Å². The zero-order chi connectivity index (χ0) is 16.1. The van der Waals surface area contributed by atoms with Crippen LogP contribution in [0, 0.1) is 28.6 Å². The number of hydrogen-bond donors (Lipinski definition) is 1. The van der Waals surface area contributed by atoms with Gasteiger partial charge in [-0.05, 0) is 48.3 Å². The first-order valence-corrected chi connectivity index (χ1v) is 8.04. The van der Waals surface area contributed by atoms with Gasteiger partial charge in [0.25, 0.3) is 0 Å². The molecule has 0 amide bonds. The molecule has 0 rings (SSSR count). The largest absolute Gasteiger partial charge is 0.481 e. The predicted octanol–water partition coefficient (Wildman–Crippen LogP) is 5.61. The van der Waals surface area contributed by atoms with Crippen LogP contribution >= 0.6 is 0 Å². The molecule has 3 atom stereocenters. The van der Waals surface area contributed by atoms with E-state index in [0.29, 0.717) is 11.3 Å². The van der Waals surface area contributed by atoms with Crippen LogP contribution in [0.2, 0.25) is 0 Å². The molecule has 0 bridgehead atoms. The number of rotatable bonds is 7. The van der Waals surface area contributed by atoms with E-state index in [2.05, 4.69) is 55.4 Å². The lowest BCUT2D eigenvalue weighted by atomic mass is 9.76. The van der Waals surface area contributed by atoms with E-state index in [-0.39, 0.29) is 17.3 Å². The van der Waals surface area contributed by atoms with Crippen LogP contribution in [0.1, 0.15) is 81.1 Å². The third-order valence-electron chi connectivity index (χ3n) is 3.87. The fourth-order valence-electron chi connectivity index (χ4n) is 3.37. The van der Waals surface area contributed by atoms with Crippen molar-refractivity contribution >= 4 is 5.97 Å². The van der Waals surface area contributed by atoms with Gasteiger partial charge in [-0.2, -0.15) is 0 Å². The van der Waals surface area contributed by atoms with Gasteiger partial charge in [0, 0.05) is 0 Å². The summed E-state index contributed by atoms with van der Waals surface area (Å²) < 4.78 is 0. The molecule has 120 valence electrons. The van der Waals surface area contributed by atoms with Gasteiger partial charge in [0.05, 0.1) is 5.92 Å². The monoisotopic (exact) mass is 284 g/mol. The van der Waals surface area contributed by atoms with Gasteiger partial charge in [0.15, 0.2) is 0 Å². The molecule has 2 nitrogen and oxygen atoms in total. The highest BCUT2D eigenvalue weighted by Gasteiger charge is 2.28. The van der Waals surface area contributed by atoms with Crippen molar-refractivity contribution in [3.05, 3.63) is 0 Å². The predicted molar refractivity (Wildman–Crippen MR) is 86.8 cm³/mol. The van der Waals surface area contributed by atoms with Gasteiger partial charge in [0.2, 0.25) is 0 Å². The van der Waals surface area contributed by atoms with Crippen molar-refractivity contribution in [3.8, 4) is 0 Å². The number of aliphatic carboxylic acids is 1. The molecule has 0 unspecified atom stereocenters. The van der Waals surface area contributed by atoms with Crippen molar-refractivity contribution in [2.45, 2.75) is 81.1 Å². The Balaban J connectivity index is 4.46. The van der Waals surface area contributed by atoms with Crippen molar-refractivity contribution in [2.24, 2.45) is 28.6 Å². The molecule has 0 aromatic carbocycles. The summed E-state index contributed by atoms with van der Waals surface area (Å²) in [6, 6.07) is 0. The van der Waals surface area contributed by atoms with Crippen LogP contribution in [0.15, 0.2) is 0 Å². The first-order valence-electron chi connectivity index (χ1n) is 8.04. The smallest absolute Gasteiger partial charge is 0.306 e. The molecule has 0 aromatic heterocycles. The Morgan fingerprint density at radius 3 is 1.70 bits per heavy atom. The van der Waals surface area contributed by atoms with Crippen molar-refractivity contribution in [3.63, 3.8) is 0 Å². The van der Waals surface area contributed by atoms with Gasteiger partial charge in [-0.1, -0.05) is 55.4 Å². The second kappa shape index (κ2) is 7.47. The lowest BCUT2D eigenvalue weighted by Gasteiger charge is -2.29. The molecule has 0 aromatic rings. The number of carboxylic acid groups (broad SMARTS) is 1. The minimum absolute atomic E-state index is 0.198. The van der Waals surface area contributed by atoms with E-state index in [1.807, 2.05) is 0 Å². The van der Waals surface area contributed by atoms with Crippen LogP contribution in [0.4, 0.5) is 0 Å². The summed E-state index contributed by atoms with van der Waals surface area (Å²) in [6.07, 6.45) is 3.96. The van der Waals surface area contributed by atoms with Gasteiger partial charge in [-0.25, -0.2) is 0 Å². The van der Waals surface area contributed by atoms with Crippen molar-refractivity contribution in [2.75, 3.05) is 0 Å². The molecule has 0 aliphatic rings. The third kappa shape index (κ3) is 9.39. The van der Waals surface area contributed by atoms with E-state index >= 15 is 0 Å². The molecular formula is C18H36O2. The minimum Gasteiger partial charge on any atom is -0.481 e. The molecule has 1 N–H and O–H groups in total. The van der Waals surface area contributed by atoms with Crippen molar-refractivity contribution < 1.29 is 9.90 Å². The normalized spacial score (nSPS) is 17.6. The quantitative estimate of drug-likeness (QED) is 0.659. The highest BCUT2D eigenvalue weighted by Crippen LogP contribution is 2.33. The standard InChI is InChI=1S/C18H36O2/c1-13(11-17(3,4)5)9-10-15(16(19)20)14(2)12-18(6,7)8/h13-15H,9-12H2,1-8H3,(H,19,20)/t13-,14+,15+/m1/s1. The van der Waals surface area contributed by atoms with E-state index in [1.54, 1.807) is 0 Å². The van der Waals surface area contributed by atoms with E-state index in [4.69, 9.17) is 0 Å². The summed E-state index contributed by atoms with van der Waals surface area (Å²) in [5.74, 6) is 0.0226. The van der Waals surface area contributed by atoms with Crippen molar-refractivity contribution in [1.82, 2.24) is 0 Å². The lowest BCUT2D eigenvalue weighted by molar-refractivity contribution is -0.144. The molecule has 0 fully saturated rings. The van der Waals surface area contributed by atoms with E-state index in [1.165, 1.54) is 0 Å². The number of carbonyl (C=O) groups is 1. The topological polar surface area (TPSA) is 37.3 Å². The first-order chi connectivity index (χ1) is 8.82. The second-order valence-electron chi connectivity index (χ2n) is 9.13. The summed E-state index contributed by atoms with van der Waals surface area (Å²) in [5.41, 5.74) is 0.527. The molecule has 20 heavy (non-hydrogen) atoms. The highest BCUT2D eigenvalue weighted by atomic mass is 16.4. The molecule has 0 aliphatic carbocycles. The van der Waals surface area contributed by atoms with Gasteiger partial charge in [-0.15, -0.1) is 0 Å². The molecular weight excluding hydrogens is 248 g/mol. The number of carboxylic acids is 1. The van der Waals surface area contributed by atoms with Crippen LogP contribution < -0.4 is 0 Å². The van der Waals surface area contributed by atoms with Crippen LogP contribution in [-0.4, -0.2) is 11.1 Å². The second-order valence-corrected chi connectivity index (χ2v) is 9.13. The summed E-state index contributed by atoms with van der Waals surface area (Å²) >= 11 is 0. The number of hydrogen-bond acceptors (Lipinski definition) is 1. The summed E-state index contributed by atoms with van der Waals surface area (Å²) in [6.45, 7) is 17.7. The van der Waals surface area contributed by atoms with Crippen LogP contribution in [0.3, 0.4) is 0 Å². The summed E-state index contributed by atoms with van der Waals surface area (Å²) in [7, 11) is 0. The SMILES string of the molecule is C[C@H](CC[C@H](C(=O)O)[C@@H](C)CC(C)(C)C)CC(C)(C)C. The Hall–Kier alpha value is -0.530. The Bertz CT molecular complexity index is 294. The average Bonchev–Trinajstić information content (AvgIpc) is 2.10. The maximum absolute atomic E-state index is 11.5. The Morgan fingerprint density at radius 1 is 0.900 bits per heavy atom. The molecule has 0 heterocycles. The molecule has 2 heteroatoms. The minimum atomic E-state index is -0.621. The lowest BCUT2D eigenvalue weighted by Crippen LogP contribution is -2.26. The first kappa shape index (κ1) is 19.5. The van der Waals surface area contributed by atoms with Gasteiger partial charge in [-0.3, -0.25) is 4.79 Å². The Labute approximate surface area is 126 Å². The zero-order valence-electron chi connectivity index (χ0n) is 14.9. The summed E-state index contributed by atoms with van der Waals surface area (Å²) in [4.78, 5) is 11.5. The highest BCUT2D eigenvalue weighted by molar-refractivity contribution is 5.70. The van der Waals surface area contributed by atoms with E-state index < -0.39 is 5.97 Å². The van der Waals surface area contributed by atoms with Gasteiger partial charge < -0.3 is 5.11 Å². The van der Waals surface area contributed by atoms with Crippen LogP contribution in [0.25, 0.3) is 0 Å². The fraction of sp³-hybridized carbons (Fsp3) is 0.944. The van der Waals surface area contributed by atoms with E-state index in [9.17, 15) is 9.90 Å². The third-order valence-corrected chi connectivity index (χ3v) is 3.87. The summed E-state index contributed by atoms with van der Waals surface area (Å²) in [5, 5.41) is 9.49. The molecule has 0 radical (unpaired) electrons.